The zero-order valence-corrected chi connectivity index (χ0v) is 17.9. The summed E-state index contributed by atoms with van der Waals surface area (Å²) in [6, 6.07) is 4.34. The normalized spacial score (nSPS) is 18.4. The van der Waals surface area contributed by atoms with Gasteiger partial charge >= 0.3 is 0 Å². The minimum Gasteiger partial charge on any atom is -0.339 e. The van der Waals surface area contributed by atoms with E-state index in [2.05, 4.69) is 8.73 Å². The van der Waals surface area contributed by atoms with E-state index in [0.29, 0.717) is 24.5 Å². The molecule has 2 aliphatic heterocycles. The first kappa shape index (κ1) is 22.0. The molecule has 0 radical (unpaired) electrons. The average molecular weight is 434 g/mol. The van der Waals surface area contributed by atoms with Crippen molar-refractivity contribution < 1.29 is 13.2 Å². The fourth-order valence-corrected chi connectivity index (χ4v) is 5.02. The second-order valence-electron chi connectivity index (χ2n) is 7.46. The monoisotopic (exact) mass is 433 g/mol. The summed E-state index contributed by atoms with van der Waals surface area (Å²) >= 11 is 0.990. The molecule has 150 valence electrons. The van der Waals surface area contributed by atoms with Crippen LogP contribution in [0.5, 0.6) is 0 Å². The Balaban J connectivity index is 0.00000261. The second kappa shape index (κ2) is 7.96. The molecule has 2 aliphatic rings. The highest BCUT2D eigenvalue weighted by Crippen LogP contribution is 2.38. The number of fused-ring (bicyclic) bond motifs is 1. The van der Waals surface area contributed by atoms with Gasteiger partial charge in [-0.2, -0.15) is 13.0 Å². The number of benzene rings is 1. The van der Waals surface area contributed by atoms with Gasteiger partial charge in [0.25, 0.3) is 0 Å². The van der Waals surface area contributed by atoms with Crippen molar-refractivity contribution in [3.63, 3.8) is 0 Å². The van der Waals surface area contributed by atoms with Crippen LogP contribution in [0.4, 0.5) is 11.4 Å². The lowest BCUT2D eigenvalue weighted by molar-refractivity contribution is -0.136. The number of nitrogens with two attached hydrogens (primary N) is 1. The molecule has 0 bridgehead atoms. The first-order chi connectivity index (χ1) is 12.1. The highest BCUT2D eigenvalue weighted by Gasteiger charge is 2.36. The van der Waals surface area contributed by atoms with Gasteiger partial charge in [0.1, 0.15) is 16.3 Å². The summed E-state index contributed by atoms with van der Waals surface area (Å²) in [5.74, 6) is -0.139. The number of piperazine rings is 1. The third-order valence-electron chi connectivity index (χ3n) is 4.62. The van der Waals surface area contributed by atoms with E-state index in [-0.39, 0.29) is 41.7 Å². The summed E-state index contributed by atoms with van der Waals surface area (Å²) in [5, 5.41) is 0. The van der Waals surface area contributed by atoms with E-state index in [4.69, 9.17) is 5.73 Å². The lowest BCUT2D eigenvalue weighted by atomic mass is 9.86. The first-order valence-electron chi connectivity index (χ1n) is 8.38. The molecule has 1 aromatic carbocycles. The quantitative estimate of drug-likeness (QED) is 0.798. The Morgan fingerprint density at radius 3 is 2.41 bits per heavy atom. The van der Waals surface area contributed by atoms with Crippen molar-refractivity contribution >= 4 is 51.1 Å². The fourth-order valence-electron chi connectivity index (χ4n) is 2.84. The van der Waals surface area contributed by atoms with Crippen molar-refractivity contribution in [3.8, 4) is 0 Å². The summed E-state index contributed by atoms with van der Waals surface area (Å²) < 4.78 is 35.6. The Kier molecular flexibility index (Phi) is 6.48. The lowest BCUT2D eigenvalue weighted by Gasteiger charge is -2.37. The average Bonchev–Trinajstić information content (AvgIpc) is 3.08. The van der Waals surface area contributed by atoms with Crippen molar-refractivity contribution in [2.24, 2.45) is 19.9 Å². The van der Waals surface area contributed by atoms with Crippen molar-refractivity contribution in [1.82, 2.24) is 9.21 Å². The first-order valence-corrected chi connectivity index (χ1v) is 10.6. The summed E-state index contributed by atoms with van der Waals surface area (Å²) in [4.78, 5) is 14.3. The van der Waals surface area contributed by atoms with Gasteiger partial charge in [0.2, 0.25) is 15.9 Å². The molecular formula is C16H24ClN5O3S2. The number of nitrogens with zero attached hydrogens (tertiary/aromatic N) is 4. The number of sulfonamides is 1. The van der Waals surface area contributed by atoms with Gasteiger partial charge in [0, 0.05) is 26.2 Å². The molecule has 1 amide bonds. The number of rotatable bonds is 3. The predicted molar refractivity (Wildman–Crippen MR) is 108 cm³/mol. The van der Waals surface area contributed by atoms with Crippen LogP contribution >= 0.6 is 12.4 Å². The van der Waals surface area contributed by atoms with Gasteiger partial charge < -0.3 is 10.6 Å². The van der Waals surface area contributed by atoms with Crippen LogP contribution in [0.2, 0.25) is 0 Å². The van der Waals surface area contributed by atoms with Crippen LogP contribution in [0.3, 0.4) is 0 Å². The maximum Gasteiger partial charge on any atom is 0.245 e. The maximum atomic E-state index is 13.0. The zero-order valence-electron chi connectivity index (χ0n) is 15.5. The SMILES string of the molecule is CC(C)(C)[C@H](N)C(=O)N1CCN(S(=O)(=O)c2cccc3c2N=S=N3)CC1.Cl. The predicted octanol–water partition coefficient (Wildman–Crippen LogP) is 2.04. The third kappa shape index (κ3) is 4.24. The number of halogens is 1. The Hall–Kier alpha value is -1.33. The molecule has 8 nitrogen and oxygen atoms in total. The number of amides is 1. The molecule has 2 heterocycles. The number of hydrogen-bond acceptors (Lipinski definition) is 6. The van der Waals surface area contributed by atoms with Gasteiger partial charge in [0.15, 0.2) is 0 Å². The van der Waals surface area contributed by atoms with Crippen molar-refractivity contribution in [2.45, 2.75) is 31.7 Å². The topological polar surface area (TPSA) is 108 Å². The number of carbonyl (C=O) groups excluding carboxylic acids is 1. The van der Waals surface area contributed by atoms with Gasteiger partial charge in [-0.25, -0.2) is 8.42 Å². The second-order valence-corrected chi connectivity index (χ2v) is 9.90. The minimum atomic E-state index is -3.69. The highest BCUT2D eigenvalue weighted by molar-refractivity contribution is 7.89. The van der Waals surface area contributed by atoms with Gasteiger partial charge in [-0.05, 0) is 17.5 Å². The lowest BCUT2D eigenvalue weighted by Crippen LogP contribution is -2.56. The summed E-state index contributed by atoms with van der Waals surface area (Å²) in [5.41, 5.74) is 6.67. The van der Waals surface area contributed by atoms with Crippen LogP contribution in [0, 0.1) is 5.41 Å². The molecule has 0 spiro atoms. The van der Waals surface area contributed by atoms with Crippen LogP contribution < -0.4 is 5.73 Å². The molecule has 0 saturated carbocycles. The Morgan fingerprint density at radius 2 is 1.81 bits per heavy atom. The van der Waals surface area contributed by atoms with Crippen LogP contribution in [-0.4, -0.2) is 55.8 Å². The Morgan fingerprint density at radius 1 is 1.19 bits per heavy atom. The van der Waals surface area contributed by atoms with Crippen molar-refractivity contribution in [1.29, 1.82) is 0 Å². The molecule has 27 heavy (non-hydrogen) atoms. The Bertz CT molecular complexity index is 899. The van der Waals surface area contributed by atoms with E-state index in [0.717, 1.165) is 11.4 Å². The molecule has 1 fully saturated rings. The zero-order chi connectivity index (χ0) is 19.1. The van der Waals surface area contributed by atoms with E-state index >= 15 is 0 Å². The standard InChI is InChI=1S/C16H23N5O3S2.ClH/c1-16(2,3)14(17)15(22)20-7-9-21(10-8-20)26(23,24)12-6-4-5-11-13(12)19-25-18-11;/h4-6,14H,7-10,17H2,1-3H3;1H/t14-;/m1./s1. The molecule has 0 unspecified atom stereocenters. The summed E-state index contributed by atoms with van der Waals surface area (Å²) in [7, 11) is -3.69. The molecule has 1 saturated heterocycles. The van der Waals surface area contributed by atoms with Gasteiger partial charge in [-0.15, -0.1) is 12.4 Å². The number of hydrogen-bond donors (Lipinski definition) is 1. The highest BCUT2D eigenvalue weighted by atomic mass is 35.5. The third-order valence-corrected chi connectivity index (χ3v) is 7.09. The summed E-state index contributed by atoms with van der Waals surface area (Å²) in [6.07, 6.45) is 0. The minimum absolute atomic E-state index is 0. The van der Waals surface area contributed by atoms with Crippen molar-refractivity contribution in [2.75, 3.05) is 26.2 Å². The molecule has 11 heteroatoms. The van der Waals surface area contributed by atoms with Crippen LogP contribution in [0.15, 0.2) is 31.8 Å². The van der Waals surface area contributed by atoms with Gasteiger partial charge in [0.05, 0.1) is 17.4 Å². The van der Waals surface area contributed by atoms with E-state index in [1.165, 1.54) is 4.31 Å². The molecule has 0 aliphatic carbocycles. The fraction of sp³-hybridized carbons (Fsp3) is 0.562. The van der Waals surface area contributed by atoms with Gasteiger partial charge in [-0.1, -0.05) is 26.8 Å². The van der Waals surface area contributed by atoms with Crippen molar-refractivity contribution in [3.05, 3.63) is 18.2 Å². The molecule has 3 rings (SSSR count). The molecule has 0 aromatic heterocycles. The number of carbonyl (C=O) groups is 1. The maximum absolute atomic E-state index is 13.0. The van der Waals surface area contributed by atoms with Crippen LogP contribution in [0.25, 0.3) is 0 Å². The molecule has 1 atom stereocenters. The smallest absolute Gasteiger partial charge is 0.245 e. The molecular weight excluding hydrogens is 410 g/mol. The van der Waals surface area contributed by atoms with Gasteiger partial charge in [-0.3, -0.25) is 4.79 Å². The van der Waals surface area contributed by atoms with Crippen LogP contribution in [-0.2, 0) is 26.2 Å². The van der Waals surface area contributed by atoms with E-state index in [1.807, 2.05) is 20.8 Å². The molecule has 2 N–H and O–H groups in total. The van der Waals surface area contributed by atoms with Crippen LogP contribution in [0.1, 0.15) is 20.8 Å². The Labute approximate surface area is 169 Å². The largest absolute Gasteiger partial charge is 0.339 e. The molecule has 1 aromatic rings. The van der Waals surface area contributed by atoms with E-state index in [1.54, 1.807) is 23.1 Å². The van der Waals surface area contributed by atoms with E-state index in [9.17, 15) is 13.2 Å². The summed E-state index contributed by atoms with van der Waals surface area (Å²) in [6.45, 7) is 6.87. The van der Waals surface area contributed by atoms with E-state index < -0.39 is 16.1 Å².